The Hall–Kier alpha value is -3.71. The summed E-state index contributed by atoms with van der Waals surface area (Å²) in [6.45, 7) is 6.25. The van der Waals surface area contributed by atoms with Gasteiger partial charge in [0.1, 0.15) is 10.8 Å². The number of methoxy groups -OCH3 is 1. The summed E-state index contributed by atoms with van der Waals surface area (Å²) in [5.41, 5.74) is 4.72. The molecule has 0 aliphatic carbocycles. The molecule has 34 heavy (non-hydrogen) atoms. The summed E-state index contributed by atoms with van der Waals surface area (Å²) in [6.07, 6.45) is 3.56. The van der Waals surface area contributed by atoms with Gasteiger partial charge in [-0.05, 0) is 44.0 Å². The summed E-state index contributed by atoms with van der Waals surface area (Å²) in [5.74, 6) is 0.459. The minimum atomic E-state index is -0.272. The molecule has 6 nitrogen and oxygen atoms in total. The summed E-state index contributed by atoms with van der Waals surface area (Å²) >= 11 is 1.62. The number of fused-ring (bicyclic) bond motifs is 3. The summed E-state index contributed by atoms with van der Waals surface area (Å²) in [7, 11) is 1.64. The van der Waals surface area contributed by atoms with E-state index < -0.39 is 0 Å². The second-order valence-electron chi connectivity index (χ2n) is 8.63. The Morgan fingerprint density at radius 2 is 1.88 bits per heavy atom. The third-order valence-corrected chi connectivity index (χ3v) is 7.19. The van der Waals surface area contributed by atoms with Crippen LogP contribution in [0.25, 0.3) is 32.3 Å². The molecule has 0 N–H and O–H groups in total. The maximum atomic E-state index is 12.7. The van der Waals surface area contributed by atoms with E-state index in [0.717, 1.165) is 37.8 Å². The van der Waals surface area contributed by atoms with Crippen LogP contribution in [0.3, 0.4) is 0 Å². The molecule has 0 spiro atoms. The van der Waals surface area contributed by atoms with E-state index in [-0.39, 0.29) is 22.8 Å². The lowest BCUT2D eigenvalue weighted by Crippen LogP contribution is -2.44. The normalized spacial score (nSPS) is 12.4. The van der Waals surface area contributed by atoms with Crippen LogP contribution in [-0.2, 0) is 6.54 Å². The predicted octanol–water partition coefficient (Wildman–Crippen LogP) is 5.38. The molecule has 1 aliphatic heterocycles. The number of ketones is 1. The zero-order valence-corrected chi connectivity index (χ0v) is 20.3. The van der Waals surface area contributed by atoms with Gasteiger partial charge in [0.25, 0.3) is 0 Å². The molecule has 172 valence electrons. The first kappa shape index (κ1) is 22.1. The molecule has 0 bridgehead atoms. The van der Waals surface area contributed by atoms with Gasteiger partial charge in [0.15, 0.2) is 11.2 Å². The third-order valence-electron chi connectivity index (χ3n) is 6.11. The Morgan fingerprint density at radius 3 is 2.56 bits per heavy atom. The van der Waals surface area contributed by atoms with E-state index in [1.807, 2.05) is 35.1 Å². The van der Waals surface area contributed by atoms with Crippen molar-refractivity contribution >= 4 is 17.1 Å². The maximum absolute atomic E-state index is 12.7. The van der Waals surface area contributed by atoms with Crippen LogP contribution >= 0.6 is 11.3 Å². The molecule has 0 fully saturated rings. The monoisotopic (exact) mass is 471 g/mol. The van der Waals surface area contributed by atoms with Crippen molar-refractivity contribution in [1.82, 2.24) is 9.66 Å². The Balaban J connectivity index is 1.67. The van der Waals surface area contributed by atoms with Crippen LogP contribution in [0.1, 0.15) is 36.7 Å². The largest absolute Gasteiger partial charge is 0.496 e. The summed E-state index contributed by atoms with van der Waals surface area (Å²) in [6, 6.07) is 16.0. The molecule has 7 heteroatoms. The van der Waals surface area contributed by atoms with Crippen LogP contribution in [0, 0.1) is 0 Å². The molecular weight excluding hydrogens is 446 g/mol. The lowest BCUT2D eigenvalue weighted by molar-refractivity contribution is 0.101. The highest BCUT2D eigenvalue weighted by atomic mass is 32.1. The van der Waals surface area contributed by atoms with Crippen molar-refractivity contribution in [3.63, 3.8) is 0 Å². The number of rotatable bonds is 5. The third kappa shape index (κ3) is 3.72. The molecule has 3 heterocycles. The molecule has 0 unspecified atom stereocenters. The lowest BCUT2D eigenvalue weighted by Gasteiger charge is -2.38. The maximum Gasteiger partial charge on any atom is 0.193 e. The second-order valence-corrected chi connectivity index (χ2v) is 9.66. The second kappa shape index (κ2) is 8.57. The first-order valence-electron chi connectivity index (χ1n) is 11.1. The molecule has 2 aromatic carbocycles. The molecule has 5 rings (SSSR count). The number of thiazole rings is 1. The molecule has 4 aromatic rings. The summed E-state index contributed by atoms with van der Waals surface area (Å²) in [5, 5.41) is 3.03. The van der Waals surface area contributed by atoms with Crippen molar-refractivity contribution in [2.75, 3.05) is 12.1 Å². The molecule has 0 atom stereocenters. The average Bonchev–Trinajstić information content (AvgIpc) is 3.33. The zero-order valence-electron chi connectivity index (χ0n) is 19.5. The SMILES string of the molecule is COc1cc2c(cc1-c1ncc(-c3ccccc3)s1)CN(C(C)C)n1cc(C(C)=O)c(=O)cc1-2. The standard InChI is InChI=1S/C27H25N3O3S/c1-16(2)29-14-19-10-21(27-28-13-26(34-27)18-8-6-5-7-9-18)25(33-4)11-20(19)23-12-24(32)22(17(3)31)15-30(23)29/h5-13,15-16H,14H2,1-4H3. The molecule has 0 radical (unpaired) electrons. The van der Waals surface area contributed by atoms with Crippen molar-refractivity contribution < 1.29 is 9.53 Å². The highest BCUT2D eigenvalue weighted by Crippen LogP contribution is 2.42. The van der Waals surface area contributed by atoms with Gasteiger partial charge in [0, 0.05) is 30.1 Å². The van der Waals surface area contributed by atoms with E-state index in [0.29, 0.717) is 12.3 Å². The van der Waals surface area contributed by atoms with E-state index in [1.54, 1.807) is 30.7 Å². The van der Waals surface area contributed by atoms with E-state index >= 15 is 0 Å². The highest BCUT2D eigenvalue weighted by molar-refractivity contribution is 7.18. The van der Waals surface area contributed by atoms with E-state index in [2.05, 4.69) is 37.1 Å². The number of hydrogen-bond donors (Lipinski definition) is 0. The van der Waals surface area contributed by atoms with Crippen LogP contribution < -0.4 is 15.2 Å². The molecule has 0 saturated carbocycles. The quantitative estimate of drug-likeness (QED) is 0.366. The fourth-order valence-electron chi connectivity index (χ4n) is 4.35. The van der Waals surface area contributed by atoms with Gasteiger partial charge in [-0.2, -0.15) is 0 Å². The van der Waals surface area contributed by atoms with Gasteiger partial charge in [-0.1, -0.05) is 30.3 Å². The first-order valence-corrected chi connectivity index (χ1v) is 12.0. The van der Waals surface area contributed by atoms with Gasteiger partial charge < -0.3 is 9.75 Å². The predicted molar refractivity (Wildman–Crippen MR) is 136 cm³/mol. The van der Waals surface area contributed by atoms with Crippen molar-refractivity contribution in [3.8, 4) is 38.0 Å². The minimum absolute atomic E-state index is 0.157. The minimum Gasteiger partial charge on any atom is -0.496 e. The zero-order chi connectivity index (χ0) is 24.0. The highest BCUT2D eigenvalue weighted by Gasteiger charge is 2.27. The fourth-order valence-corrected chi connectivity index (χ4v) is 5.29. The number of carbonyl (C=O) groups excluding carboxylic acids is 1. The molecule has 0 saturated heterocycles. The molecular formula is C27H25N3O3S. The first-order chi connectivity index (χ1) is 16.4. The molecule has 1 aliphatic rings. The van der Waals surface area contributed by atoms with E-state index in [4.69, 9.17) is 9.72 Å². The lowest BCUT2D eigenvalue weighted by atomic mass is 9.97. The van der Waals surface area contributed by atoms with E-state index in [9.17, 15) is 9.59 Å². The number of carbonyl (C=O) groups is 1. The van der Waals surface area contributed by atoms with Crippen molar-refractivity contribution in [1.29, 1.82) is 0 Å². The Labute approximate surface area is 202 Å². The Bertz CT molecular complexity index is 1450. The summed E-state index contributed by atoms with van der Waals surface area (Å²) < 4.78 is 7.71. The van der Waals surface area contributed by atoms with Gasteiger partial charge in [0.2, 0.25) is 0 Å². The van der Waals surface area contributed by atoms with Crippen LogP contribution in [0.5, 0.6) is 5.75 Å². The van der Waals surface area contributed by atoms with E-state index in [1.165, 1.54) is 6.92 Å². The van der Waals surface area contributed by atoms with Crippen molar-refractivity contribution in [3.05, 3.63) is 82.3 Å². The number of ether oxygens (including phenoxy) is 1. The smallest absolute Gasteiger partial charge is 0.193 e. The van der Waals surface area contributed by atoms with Gasteiger partial charge in [0.05, 0.1) is 35.4 Å². The van der Waals surface area contributed by atoms with Gasteiger partial charge >= 0.3 is 0 Å². The van der Waals surface area contributed by atoms with Gasteiger partial charge in [-0.15, -0.1) is 11.3 Å². The molecule has 2 aromatic heterocycles. The fraction of sp³-hybridized carbons (Fsp3) is 0.222. The number of Topliss-reactive ketones (excluding diaryl/α,β-unsaturated/α-hetero) is 1. The van der Waals surface area contributed by atoms with Crippen LogP contribution in [0.2, 0.25) is 0 Å². The number of pyridine rings is 1. The Kier molecular flexibility index (Phi) is 5.57. The van der Waals surface area contributed by atoms with Crippen LogP contribution in [0.4, 0.5) is 0 Å². The van der Waals surface area contributed by atoms with Crippen LogP contribution in [0.15, 0.2) is 65.7 Å². The average molecular weight is 472 g/mol. The number of nitrogens with zero attached hydrogens (tertiary/aromatic N) is 3. The topological polar surface area (TPSA) is 64.4 Å². The Morgan fingerprint density at radius 1 is 1.12 bits per heavy atom. The van der Waals surface area contributed by atoms with Crippen molar-refractivity contribution in [2.45, 2.75) is 33.4 Å². The number of aromatic nitrogens is 2. The van der Waals surface area contributed by atoms with Gasteiger partial charge in [-0.3, -0.25) is 14.3 Å². The van der Waals surface area contributed by atoms with Crippen LogP contribution in [-0.4, -0.2) is 28.6 Å². The van der Waals surface area contributed by atoms with Crippen molar-refractivity contribution in [2.24, 2.45) is 0 Å². The molecule has 0 amide bonds. The number of hydrogen-bond acceptors (Lipinski definition) is 6. The van der Waals surface area contributed by atoms with Gasteiger partial charge in [-0.25, -0.2) is 4.98 Å². The summed E-state index contributed by atoms with van der Waals surface area (Å²) in [4.78, 5) is 30.5. The number of benzene rings is 2.